The first kappa shape index (κ1) is 18.1. The second-order valence-corrected chi connectivity index (χ2v) is 7.61. The SMILES string of the molecule is Cc1cc(C)nc(N2CCCN(Cc3ccnc(N4CCCC4)n3)CC2)n1. The van der Waals surface area contributed by atoms with E-state index in [-0.39, 0.29) is 0 Å². The number of hydrogen-bond donors (Lipinski definition) is 0. The Bertz CT molecular complexity index is 752. The molecule has 0 bridgehead atoms. The van der Waals surface area contributed by atoms with Crippen molar-refractivity contribution in [1.29, 1.82) is 0 Å². The number of hydrogen-bond acceptors (Lipinski definition) is 7. The van der Waals surface area contributed by atoms with Crippen molar-refractivity contribution in [2.24, 2.45) is 0 Å². The molecule has 27 heavy (non-hydrogen) atoms. The highest BCUT2D eigenvalue weighted by atomic mass is 15.3. The molecule has 0 unspecified atom stereocenters. The van der Waals surface area contributed by atoms with E-state index < -0.39 is 0 Å². The van der Waals surface area contributed by atoms with Crippen LogP contribution in [0.15, 0.2) is 18.3 Å². The summed E-state index contributed by atoms with van der Waals surface area (Å²) in [6.07, 6.45) is 5.51. The zero-order chi connectivity index (χ0) is 18.6. The Balaban J connectivity index is 1.39. The fourth-order valence-corrected chi connectivity index (χ4v) is 3.95. The van der Waals surface area contributed by atoms with Crippen LogP contribution in [0, 0.1) is 13.8 Å². The second kappa shape index (κ2) is 8.17. The monoisotopic (exact) mass is 367 g/mol. The summed E-state index contributed by atoms with van der Waals surface area (Å²) in [6, 6.07) is 4.08. The van der Waals surface area contributed by atoms with Crippen molar-refractivity contribution >= 4 is 11.9 Å². The molecule has 0 aliphatic carbocycles. The normalized spacial score (nSPS) is 18.7. The molecule has 144 valence electrons. The van der Waals surface area contributed by atoms with E-state index >= 15 is 0 Å². The van der Waals surface area contributed by atoms with Gasteiger partial charge >= 0.3 is 0 Å². The van der Waals surface area contributed by atoms with Gasteiger partial charge in [-0.3, -0.25) is 4.90 Å². The van der Waals surface area contributed by atoms with Crippen molar-refractivity contribution in [2.75, 3.05) is 49.1 Å². The average molecular weight is 368 g/mol. The number of rotatable bonds is 4. The number of nitrogens with zero attached hydrogens (tertiary/aromatic N) is 7. The Morgan fingerprint density at radius 3 is 2.26 bits per heavy atom. The van der Waals surface area contributed by atoms with Crippen molar-refractivity contribution in [3.05, 3.63) is 35.4 Å². The lowest BCUT2D eigenvalue weighted by atomic mass is 10.3. The molecule has 0 atom stereocenters. The van der Waals surface area contributed by atoms with Crippen LogP contribution in [0.4, 0.5) is 11.9 Å². The van der Waals surface area contributed by atoms with E-state index in [4.69, 9.17) is 4.98 Å². The molecule has 2 aliphatic rings. The number of aryl methyl sites for hydroxylation is 2. The van der Waals surface area contributed by atoms with Gasteiger partial charge in [-0.15, -0.1) is 0 Å². The number of anilines is 2. The third-order valence-corrected chi connectivity index (χ3v) is 5.32. The molecule has 2 aliphatic heterocycles. The molecule has 0 radical (unpaired) electrons. The lowest BCUT2D eigenvalue weighted by molar-refractivity contribution is 0.282. The third-order valence-electron chi connectivity index (χ3n) is 5.32. The van der Waals surface area contributed by atoms with Crippen LogP contribution >= 0.6 is 0 Å². The molecule has 7 heteroatoms. The van der Waals surface area contributed by atoms with Crippen molar-refractivity contribution < 1.29 is 0 Å². The smallest absolute Gasteiger partial charge is 0.225 e. The maximum atomic E-state index is 4.81. The van der Waals surface area contributed by atoms with E-state index in [0.717, 1.165) is 81.2 Å². The fraction of sp³-hybridized carbons (Fsp3) is 0.600. The van der Waals surface area contributed by atoms with E-state index in [0.29, 0.717) is 0 Å². The van der Waals surface area contributed by atoms with Gasteiger partial charge in [0.05, 0.1) is 5.69 Å². The highest BCUT2D eigenvalue weighted by Crippen LogP contribution is 2.17. The van der Waals surface area contributed by atoms with Crippen LogP contribution in [0.5, 0.6) is 0 Å². The van der Waals surface area contributed by atoms with Gasteiger partial charge in [-0.05, 0) is 45.2 Å². The lowest BCUT2D eigenvalue weighted by Crippen LogP contribution is -2.32. The van der Waals surface area contributed by atoms with Crippen LogP contribution in [-0.2, 0) is 6.54 Å². The summed E-state index contributed by atoms with van der Waals surface area (Å²) in [4.78, 5) is 25.7. The highest BCUT2D eigenvalue weighted by molar-refractivity contribution is 5.33. The quantitative estimate of drug-likeness (QED) is 0.821. The van der Waals surface area contributed by atoms with Crippen LogP contribution in [0.25, 0.3) is 0 Å². The molecule has 2 saturated heterocycles. The zero-order valence-corrected chi connectivity index (χ0v) is 16.4. The Morgan fingerprint density at radius 2 is 1.48 bits per heavy atom. The molecule has 4 rings (SSSR count). The van der Waals surface area contributed by atoms with Crippen LogP contribution < -0.4 is 9.80 Å². The summed E-state index contributed by atoms with van der Waals surface area (Å²) in [5, 5.41) is 0. The van der Waals surface area contributed by atoms with Crippen LogP contribution in [0.3, 0.4) is 0 Å². The molecular formula is C20H29N7. The molecule has 4 heterocycles. The summed E-state index contributed by atoms with van der Waals surface area (Å²) in [5.74, 6) is 1.76. The summed E-state index contributed by atoms with van der Waals surface area (Å²) in [7, 11) is 0. The first-order valence-corrected chi connectivity index (χ1v) is 10.0. The average Bonchev–Trinajstić information content (AvgIpc) is 3.09. The summed E-state index contributed by atoms with van der Waals surface area (Å²) < 4.78 is 0. The fourth-order valence-electron chi connectivity index (χ4n) is 3.95. The minimum Gasteiger partial charge on any atom is -0.341 e. The Kier molecular flexibility index (Phi) is 5.48. The molecule has 0 N–H and O–H groups in total. The zero-order valence-electron chi connectivity index (χ0n) is 16.4. The van der Waals surface area contributed by atoms with Gasteiger partial charge in [0, 0.05) is 63.4 Å². The maximum absolute atomic E-state index is 4.81. The van der Waals surface area contributed by atoms with Crippen LogP contribution in [-0.4, -0.2) is 64.1 Å². The Labute approximate surface area is 161 Å². The maximum Gasteiger partial charge on any atom is 0.225 e. The van der Waals surface area contributed by atoms with Gasteiger partial charge in [0.2, 0.25) is 11.9 Å². The molecule has 0 amide bonds. The first-order valence-electron chi connectivity index (χ1n) is 10.0. The minimum atomic E-state index is 0.868. The number of aromatic nitrogens is 4. The van der Waals surface area contributed by atoms with Crippen molar-refractivity contribution in [2.45, 2.75) is 39.7 Å². The van der Waals surface area contributed by atoms with Gasteiger partial charge in [0.1, 0.15) is 0 Å². The Morgan fingerprint density at radius 1 is 0.778 bits per heavy atom. The van der Waals surface area contributed by atoms with Crippen LogP contribution in [0.2, 0.25) is 0 Å². The van der Waals surface area contributed by atoms with Crippen molar-refractivity contribution in [3.8, 4) is 0 Å². The third kappa shape index (κ3) is 4.53. The van der Waals surface area contributed by atoms with Crippen molar-refractivity contribution in [1.82, 2.24) is 24.8 Å². The summed E-state index contributed by atoms with van der Waals surface area (Å²) >= 11 is 0. The van der Waals surface area contributed by atoms with Crippen molar-refractivity contribution in [3.63, 3.8) is 0 Å². The predicted molar refractivity (Wildman–Crippen MR) is 107 cm³/mol. The minimum absolute atomic E-state index is 0.868. The van der Waals surface area contributed by atoms with E-state index in [2.05, 4.69) is 35.7 Å². The topological polar surface area (TPSA) is 61.3 Å². The van der Waals surface area contributed by atoms with Gasteiger partial charge in [-0.1, -0.05) is 0 Å². The molecule has 0 aromatic carbocycles. The van der Waals surface area contributed by atoms with Crippen LogP contribution in [0.1, 0.15) is 36.3 Å². The highest BCUT2D eigenvalue weighted by Gasteiger charge is 2.19. The van der Waals surface area contributed by atoms with E-state index in [1.54, 1.807) is 0 Å². The molecule has 2 aromatic rings. The molecule has 2 fully saturated rings. The summed E-state index contributed by atoms with van der Waals surface area (Å²) in [5.41, 5.74) is 3.19. The predicted octanol–water partition coefficient (Wildman–Crippen LogP) is 2.20. The van der Waals surface area contributed by atoms with Gasteiger partial charge in [-0.25, -0.2) is 19.9 Å². The van der Waals surface area contributed by atoms with Gasteiger partial charge in [-0.2, -0.15) is 0 Å². The van der Waals surface area contributed by atoms with Gasteiger partial charge < -0.3 is 9.80 Å². The van der Waals surface area contributed by atoms with Gasteiger partial charge in [0.25, 0.3) is 0 Å². The summed E-state index contributed by atoms with van der Waals surface area (Å²) in [6.45, 7) is 11.1. The second-order valence-electron chi connectivity index (χ2n) is 7.61. The molecule has 0 saturated carbocycles. The van der Waals surface area contributed by atoms with E-state index in [1.807, 2.05) is 26.1 Å². The lowest BCUT2D eigenvalue weighted by Gasteiger charge is -2.22. The molecule has 0 spiro atoms. The molecule has 7 nitrogen and oxygen atoms in total. The van der Waals surface area contributed by atoms with E-state index in [9.17, 15) is 0 Å². The molecular weight excluding hydrogens is 338 g/mol. The largest absolute Gasteiger partial charge is 0.341 e. The first-order chi connectivity index (χ1) is 13.2. The van der Waals surface area contributed by atoms with E-state index in [1.165, 1.54) is 12.8 Å². The molecule has 2 aromatic heterocycles. The standard InChI is InChI=1S/C20H29N7/c1-16-14-17(2)23-20(22-16)27-11-5-8-25(12-13-27)15-18-6-7-21-19(24-18)26-9-3-4-10-26/h6-7,14H,3-5,8-13,15H2,1-2H3. The Hall–Kier alpha value is -2.28. The van der Waals surface area contributed by atoms with Gasteiger partial charge in [0.15, 0.2) is 0 Å².